The molecule has 0 aliphatic carbocycles. The molecule has 1 aromatic rings. The van der Waals surface area contributed by atoms with Gasteiger partial charge < -0.3 is 5.32 Å². The molecule has 0 amide bonds. The van der Waals surface area contributed by atoms with Crippen molar-refractivity contribution in [1.29, 1.82) is 0 Å². The molecule has 0 bridgehead atoms. The summed E-state index contributed by atoms with van der Waals surface area (Å²) in [5.41, 5.74) is 1.22. The number of nitrogens with one attached hydrogen (secondary N) is 1. The zero-order valence-corrected chi connectivity index (χ0v) is 11.8. The van der Waals surface area contributed by atoms with Gasteiger partial charge in [-0.1, -0.05) is 57.5 Å². The van der Waals surface area contributed by atoms with E-state index < -0.39 is 0 Å². The second-order valence-electron chi connectivity index (χ2n) is 5.13. The maximum absolute atomic E-state index is 12.2. The molecule has 0 heterocycles. The molecular formula is C16H25NO. The van der Waals surface area contributed by atoms with Gasteiger partial charge in [0.05, 0.1) is 6.04 Å². The quantitative estimate of drug-likeness (QED) is 0.763. The molecular weight excluding hydrogens is 222 g/mol. The van der Waals surface area contributed by atoms with Crippen molar-refractivity contribution in [2.45, 2.75) is 58.5 Å². The lowest BCUT2D eigenvalue weighted by Crippen LogP contribution is -2.42. The maximum atomic E-state index is 12.2. The Bertz CT molecular complexity index is 345. The number of benzene rings is 1. The first-order chi connectivity index (χ1) is 8.63. The zero-order valence-electron chi connectivity index (χ0n) is 11.8. The van der Waals surface area contributed by atoms with Crippen molar-refractivity contribution in [1.82, 2.24) is 5.32 Å². The largest absolute Gasteiger partial charge is 0.305 e. The smallest absolute Gasteiger partial charge is 0.150 e. The minimum absolute atomic E-state index is 0.0426. The van der Waals surface area contributed by atoms with Crippen molar-refractivity contribution in [3.05, 3.63) is 35.9 Å². The van der Waals surface area contributed by atoms with E-state index in [1.54, 1.807) is 0 Å². The van der Waals surface area contributed by atoms with Crippen LogP contribution in [0.5, 0.6) is 0 Å². The zero-order chi connectivity index (χ0) is 13.4. The van der Waals surface area contributed by atoms with Gasteiger partial charge in [0.1, 0.15) is 5.78 Å². The molecule has 0 spiro atoms. The number of Topliss-reactive ketones (excluding diaryl/α,β-unsaturated/α-hetero) is 1. The van der Waals surface area contributed by atoms with Crippen LogP contribution in [0, 0.1) is 0 Å². The molecule has 1 aromatic carbocycles. The minimum atomic E-state index is -0.0426. The Morgan fingerprint density at radius 3 is 2.44 bits per heavy atom. The summed E-state index contributed by atoms with van der Waals surface area (Å²) in [4.78, 5) is 12.2. The van der Waals surface area contributed by atoms with E-state index in [0.29, 0.717) is 18.2 Å². The standard InChI is InChI=1S/C16H25NO/c1-4-5-11-16(18)15(17-13(2)3)12-14-9-7-6-8-10-14/h6-10,13,15,17H,4-5,11-12H2,1-3H3/t15-/m0/s1. The molecule has 2 heteroatoms. The molecule has 1 N–H and O–H groups in total. The van der Waals surface area contributed by atoms with E-state index in [0.717, 1.165) is 19.3 Å². The summed E-state index contributed by atoms with van der Waals surface area (Å²) in [6.07, 6.45) is 3.55. The summed E-state index contributed by atoms with van der Waals surface area (Å²) in [6, 6.07) is 10.5. The van der Waals surface area contributed by atoms with Crippen LogP contribution in [0.3, 0.4) is 0 Å². The van der Waals surface area contributed by atoms with Gasteiger partial charge in [-0.25, -0.2) is 0 Å². The van der Waals surface area contributed by atoms with Crippen LogP contribution in [0.25, 0.3) is 0 Å². The van der Waals surface area contributed by atoms with Crippen LogP contribution in [-0.4, -0.2) is 17.9 Å². The van der Waals surface area contributed by atoms with Crippen LogP contribution in [0.15, 0.2) is 30.3 Å². The number of carbonyl (C=O) groups excluding carboxylic acids is 1. The number of rotatable bonds is 8. The number of hydrogen-bond donors (Lipinski definition) is 1. The number of unbranched alkanes of at least 4 members (excludes halogenated alkanes) is 1. The highest BCUT2D eigenvalue weighted by Gasteiger charge is 2.18. The van der Waals surface area contributed by atoms with Crippen molar-refractivity contribution < 1.29 is 4.79 Å². The van der Waals surface area contributed by atoms with Gasteiger partial charge in [0.15, 0.2) is 0 Å². The Labute approximate surface area is 111 Å². The molecule has 1 atom stereocenters. The average Bonchev–Trinajstić information content (AvgIpc) is 2.36. The second kappa shape index (κ2) is 8.04. The highest BCUT2D eigenvalue weighted by atomic mass is 16.1. The number of hydrogen-bond acceptors (Lipinski definition) is 2. The van der Waals surface area contributed by atoms with Gasteiger partial charge in [0.25, 0.3) is 0 Å². The third kappa shape index (κ3) is 5.46. The molecule has 0 radical (unpaired) electrons. The SMILES string of the molecule is CCCCC(=O)[C@H](Cc1ccccc1)NC(C)C. The fourth-order valence-corrected chi connectivity index (χ4v) is 2.04. The lowest BCUT2D eigenvalue weighted by atomic mass is 9.98. The summed E-state index contributed by atoms with van der Waals surface area (Å²) in [7, 11) is 0. The van der Waals surface area contributed by atoms with Crippen LogP contribution in [0.4, 0.5) is 0 Å². The lowest BCUT2D eigenvalue weighted by Gasteiger charge is -2.20. The molecule has 0 aromatic heterocycles. The highest BCUT2D eigenvalue weighted by molar-refractivity contribution is 5.84. The number of carbonyl (C=O) groups is 1. The third-order valence-corrected chi connectivity index (χ3v) is 2.98. The highest BCUT2D eigenvalue weighted by Crippen LogP contribution is 2.08. The van der Waals surface area contributed by atoms with Crippen LogP contribution in [0.2, 0.25) is 0 Å². The first kappa shape index (κ1) is 14.9. The van der Waals surface area contributed by atoms with Crippen molar-refractivity contribution in [3.8, 4) is 0 Å². The Morgan fingerprint density at radius 2 is 1.89 bits per heavy atom. The lowest BCUT2D eigenvalue weighted by molar-refractivity contribution is -0.121. The summed E-state index contributed by atoms with van der Waals surface area (Å²) < 4.78 is 0. The monoisotopic (exact) mass is 247 g/mol. The van der Waals surface area contributed by atoms with Crippen molar-refractivity contribution in [2.24, 2.45) is 0 Å². The van der Waals surface area contributed by atoms with E-state index in [1.165, 1.54) is 5.56 Å². The molecule has 2 nitrogen and oxygen atoms in total. The molecule has 18 heavy (non-hydrogen) atoms. The van der Waals surface area contributed by atoms with E-state index >= 15 is 0 Å². The fourth-order valence-electron chi connectivity index (χ4n) is 2.04. The third-order valence-electron chi connectivity index (χ3n) is 2.98. The van der Waals surface area contributed by atoms with Gasteiger partial charge in [-0.3, -0.25) is 4.79 Å². The molecule has 0 unspecified atom stereocenters. The Hall–Kier alpha value is -1.15. The fraction of sp³-hybridized carbons (Fsp3) is 0.562. The molecule has 0 aliphatic heterocycles. The van der Waals surface area contributed by atoms with E-state index in [-0.39, 0.29) is 6.04 Å². The van der Waals surface area contributed by atoms with Crippen molar-refractivity contribution in [2.75, 3.05) is 0 Å². The molecule has 1 rings (SSSR count). The van der Waals surface area contributed by atoms with E-state index in [2.05, 4.69) is 38.2 Å². The van der Waals surface area contributed by atoms with Gasteiger partial charge >= 0.3 is 0 Å². The predicted molar refractivity (Wildman–Crippen MR) is 76.7 cm³/mol. The predicted octanol–water partition coefficient (Wildman–Crippen LogP) is 3.36. The Balaban J connectivity index is 2.63. The first-order valence-electron chi connectivity index (χ1n) is 6.96. The minimum Gasteiger partial charge on any atom is -0.305 e. The van der Waals surface area contributed by atoms with Gasteiger partial charge in [0, 0.05) is 12.5 Å². The van der Waals surface area contributed by atoms with Gasteiger partial charge in [0.2, 0.25) is 0 Å². The molecule has 100 valence electrons. The van der Waals surface area contributed by atoms with E-state index in [4.69, 9.17) is 0 Å². The molecule has 0 aliphatic rings. The number of ketones is 1. The van der Waals surface area contributed by atoms with E-state index in [9.17, 15) is 4.79 Å². The molecule has 0 saturated heterocycles. The Morgan fingerprint density at radius 1 is 1.22 bits per heavy atom. The average molecular weight is 247 g/mol. The summed E-state index contributed by atoms with van der Waals surface area (Å²) in [6.45, 7) is 6.30. The van der Waals surface area contributed by atoms with Gasteiger partial charge in [-0.05, 0) is 18.4 Å². The second-order valence-corrected chi connectivity index (χ2v) is 5.13. The summed E-state index contributed by atoms with van der Waals surface area (Å²) >= 11 is 0. The van der Waals surface area contributed by atoms with Crippen LogP contribution >= 0.6 is 0 Å². The summed E-state index contributed by atoms with van der Waals surface area (Å²) in [5, 5.41) is 3.39. The Kier molecular flexibility index (Phi) is 6.66. The normalized spacial score (nSPS) is 12.7. The molecule has 0 saturated carbocycles. The van der Waals surface area contributed by atoms with Gasteiger partial charge in [-0.15, -0.1) is 0 Å². The topological polar surface area (TPSA) is 29.1 Å². The van der Waals surface area contributed by atoms with Crippen molar-refractivity contribution in [3.63, 3.8) is 0 Å². The van der Waals surface area contributed by atoms with Crippen LogP contribution in [-0.2, 0) is 11.2 Å². The van der Waals surface area contributed by atoms with Gasteiger partial charge in [-0.2, -0.15) is 0 Å². The van der Waals surface area contributed by atoms with Crippen LogP contribution in [0.1, 0.15) is 45.6 Å². The summed E-state index contributed by atoms with van der Waals surface area (Å²) in [5.74, 6) is 0.342. The van der Waals surface area contributed by atoms with E-state index in [1.807, 2.05) is 18.2 Å². The first-order valence-corrected chi connectivity index (χ1v) is 6.96. The maximum Gasteiger partial charge on any atom is 0.150 e. The molecule has 0 fully saturated rings. The van der Waals surface area contributed by atoms with Crippen LogP contribution < -0.4 is 5.32 Å². The van der Waals surface area contributed by atoms with Crippen molar-refractivity contribution >= 4 is 5.78 Å².